The highest BCUT2D eigenvalue weighted by Crippen LogP contribution is 2.20. The second-order valence-corrected chi connectivity index (χ2v) is 6.23. The Morgan fingerprint density at radius 1 is 1.33 bits per heavy atom. The van der Waals surface area contributed by atoms with Gasteiger partial charge in [0.25, 0.3) is 0 Å². The van der Waals surface area contributed by atoms with Crippen LogP contribution in [0.15, 0.2) is 24.3 Å². The van der Waals surface area contributed by atoms with Crippen molar-refractivity contribution in [1.82, 2.24) is 4.90 Å². The molecule has 1 amide bonds. The zero-order valence-electron chi connectivity index (χ0n) is 14.6. The van der Waals surface area contributed by atoms with Gasteiger partial charge < -0.3 is 20.1 Å². The number of hydrogen-bond donors (Lipinski definition) is 1. The van der Waals surface area contributed by atoms with Crippen molar-refractivity contribution in [2.24, 2.45) is 11.7 Å². The summed E-state index contributed by atoms with van der Waals surface area (Å²) in [7, 11) is 1.64. The molecule has 2 rings (SSSR count). The number of halogens is 1. The fourth-order valence-corrected chi connectivity index (χ4v) is 2.91. The number of hydrogen-bond acceptors (Lipinski definition) is 4. The number of amides is 1. The van der Waals surface area contributed by atoms with Crippen molar-refractivity contribution in [2.45, 2.75) is 38.6 Å². The molecule has 0 aromatic heterocycles. The minimum Gasteiger partial charge on any atom is -0.497 e. The first-order valence-corrected chi connectivity index (χ1v) is 8.40. The van der Waals surface area contributed by atoms with Gasteiger partial charge in [-0.3, -0.25) is 4.79 Å². The summed E-state index contributed by atoms with van der Waals surface area (Å²) in [5.74, 6) is 2.26. The lowest BCUT2D eigenvalue weighted by molar-refractivity contribution is -0.133. The van der Waals surface area contributed by atoms with E-state index in [9.17, 15) is 4.79 Å². The van der Waals surface area contributed by atoms with Crippen molar-refractivity contribution in [2.75, 3.05) is 26.8 Å². The van der Waals surface area contributed by atoms with Gasteiger partial charge in [-0.05, 0) is 56.4 Å². The third-order valence-electron chi connectivity index (χ3n) is 4.42. The minimum absolute atomic E-state index is 0. The third kappa shape index (κ3) is 6.21. The van der Waals surface area contributed by atoms with E-state index in [0.29, 0.717) is 18.9 Å². The summed E-state index contributed by atoms with van der Waals surface area (Å²) >= 11 is 0. The minimum atomic E-state index is 0. The average molecular weight is 357 g/mol. The highest BCUT2D eigenvalue weighted by molar-refractivity contribution is 5.85. The number of nitrogens with two attached hydrogens (primary N) is 1. The van der Waals surface area contributed by atoms with Crippen molar-refractivity contribution in [3.8, 4) is 11.5 Å². The molecule has 0 saturated carbocycles. The van der Waals surface area contributed by atoms with Gasteiger partial charge in [0, 0.05) is 25.6 Å². The van der Waals surface area contributed by atoms with E-state index in [1.54, 1.807) is 7.11 Å². The molecule has 1 fully saturated rings. The Morgan fingerprint density at radius 3 is 2.62 bits per heavy atom. The number of carbonyl (C=O) groups excluding carboxylic acids is 1. The number of carbonyl (C=O) groups is 1. The lowest BCUT2D eigenvalue weighted by Crippen LogP contribution is -2.45. The number of ether oxygens (including phenoxy) is 2. The van der Waals surface area contributed by atoms with Crippen LogP contribution in [0.1, 0.15) is 32.6 Å². The lowest BCUT2D eigenvalue weighted by Gasteiger charge is -2.34. The summed E-state index contributed by atoms with van der Waals surface area (Å²) in [6.45, 7) is 4.24. The van der Waals surface area contributed by atoms with Crippen LogP contribution in [0.3, 0.4) is 0 Å². The maximum Gasteiger partial charge on any atom is 0.222 e. The molecule has 1 aliphatic rings. The Balaban J connectivity index is 0.00000288. The number of piperidine rings is 1. The lowest BCUT2D eigenvalue weighted by atomic mass is 9.92. The Labute approximate surface area is 150 Å². The van der Waals surface area contributed by atoms with Crippen LogP contribution in [0.25, 0.3) is 0 Å². The molecule has 136 valence electrons. The Kier molecular flexibility index (Phi) is 8.93. The number of likely N-dealkylation sites (tertiary alicyclic amines) is 1. The maximum absolute atomic E-state index is 12.3. The van der Waals surface area contributed by atoms with E-state index in [2.05, 4.69) is 0 Å². The zero-order chi connectivity index (χ0) is 16.7. The van der Waals surface area contributed by atoms with Gasteiger partial charge in [0.05, 0.1) is 13.7 Å². The van der Waals surface area contributed by atoms with Crippen LogP contribution >= 0.6 is 12.4 Å². The van der Waals surface area contributed by atoms with Gasteiger partial charge in [-0.15, -0.1) is 12.4 Å². The van der Waals surface area contributed by atoms with Crippen LogP contribution in [0.2, 0.25) is 0 Å². The molecule has 0 radical (unpaired) electrons. The second-order valence-electron chi connectivity index (χ2n) is 6.23. The molecule has 0 spiro atoms. The quantitative estimate of drug-likeness (QED) is 0.763. The second kappa shape index (κ2) is 10.4. The number of rotatable bonds is 7. The number of benzene rings is 1. The van der Waals surface area contributed by atoms with Gasteiger partial charge in [-0.2, -0.15) is 0 Å². The summed E-state index contributed by atoms with van der Waals surface area (Å²) in [6, 6.07) is 7.63. The van der Waals surface area contributed by atoms with Crippen LogP contribution in [0, 0.1) is 5.92 Å². The standard InChI is InChI=1S/C18H28N2O3.ClH/c1-14(19)15-5-3-11-20(13-15)18(21)6-4-12-23-17-9-7-16(22-2)8-10-17;/h7-10,14-15H,3-6,11-13,19H2,1-2H3;1H. The molecule has 0 bridgehead atoms. The van der Waals surface area contributed by atoms with Crippen LogP contribution in [-0.2, 0) is 4.79 Å². The molecule has 2 atom stereocenters. The Morgan fingerprint density at radius 2 is 2.00 bits per heavy atom. The smallest absolute Gasteiger partial charge is 0.222 e. The van der Waals surface area contributed by atoms with Crippen molar-refractivity contribution < 1.29 is 14.3 Å². The molecule has 24 heavy (non-hydrogen) atoms. The topological polar surface area (TPSA) is 64.8 Å². The predicted octanol–water partition coefficient (Wildman–Crippen LogP) is 2.86. The molecular formula is C18H29ClN2O3. The van der Waals surface area contributed by atoms with E-state index in [0.717, 1.165) is 43.9 Å². The largest absolute Gasteiger partial charge is 0.497 e. The first-order chi connectivity index (χ1) is 11.1. The molecule has 1 aromatic rings. The normalized spacial score (nSPS) is 18.5. The van der Waals surface area contributed by atoms with E-state index >= 15 is 0 Å². The van der Waals surface area contributed by atoms with E-state index < -0.39 is 0 Å². The molecule has 6 heteroatoms. The van der Waals surface area contributed by atoms with Crippen molar-refractivity contribution >= 4 is 18.3 Å². The Hall–Kier alpha value is -1.46. The number of nitrogens with zero attached hydrogens (tertiary/aromatic N) is 1. The highest BCUT2D eigenvalue weighted by atomic mass is 35.5. The van der Waals surface area contributed by atoms with Crippen LogP contribution in [-0.4, -0.2) is 43.7 Å². The zero-order valence-corrected chi connectivity index (χ0v) is 15.4. The SMILES string of the molecule is COc1ccc(OCCCC(=O)N2CCCC(C(C)N)C2)cc1.Cl. The molecule has 1 heterocycles. The van der Waals surface area contributed by atoms with E-state index in [4.69, 9.17) is 15.2 Å². The fourth-order valence-electron chi connectivity index (χ4n) is 2.91. The van der Waals surface area contributed by atoms with Crippen molar-refractivity contribution in [1.29, 1.82) is 0 Å². The molecule has 5 nitrogen and oxygen atoms in total. The van der Waals surface area contributed by atoms with Crippen molar-refractivity contribution in [3.05, 3.63) is 24.3 Å². The molecule has 2 unspecified atom stereocenters. The van der Waals surface area contributed by atoms with Crippen LogP contribution in [0.4, 0.5) is 0 Å². The molecular weight excluding hydrogens is 328 g/mol. The van der Waals surface area contributed by atoms with Gasteiger partial charge in [-0.25, -0.2) is 0 Å². The maximum atomic E-state index is 12.3. The van der Waals surface area contributed by atoms with Crippen molar-refractivity contribution in [3.63, 3.8) is 0 Å². The van der Waals surface area contributed by atoms with E-state index in [1.807, 2.05) is 36.1 Å². The van der Waals surface area contributed by atoms with Gasteiger partial charge in [-0.1, -0.05) is 0 Å². The third-order valence-corrected chi connectivity index (χ3v) is 4.42. The molecule has 0 aliphatic carbocycles. The monoisotopic (exact) mass is 356 g/mol. The summed E-state index contributed by atoms with van der Waals surface area (Å²) in [5, 5.41) is 0. The summed E-state index contributed by atoms with van der Waals surface area (Å²) < 4.78 is 10.8. The highest BCUT2D eigenvalue weighted by Gasteiger charge is 2.25. The van der Waals surface area contributed by atoms with Gasteiger partial charge in [0.1, 0.15) is 11.5 Å². The van der Waals surface area contributed by atoms with Crippen LogP contribution < -0.4 is 15.2 Å². The number of methoxy groups -OCH3 is 1. The summed E-state index contributed by atoms with van der Waals surface area (Å²) in [6.07, 6.45) is 3.44. The fraction of sp³-hybridized carbons (Fsp3) is 0.611. The summed E-state index contributed by atoms with van der Waals surface area (Å²) in [4.78, 5) is 14.2. The van der Waals surface area contributed by atoms with E-state index in [1.165, 1.54) is 0 Å². The molecule has 1 aromatic carbocycles. The molecule has 1 aliphatic heterocycles. The van der Waals surface area contributed by atoms with Gasteiger partial charge >= 0.3 is 0 Å². The predicted molar refractivity (Wildman–Crippen MR) is 97.9 cm³/mol. The summed E-state index contributed by atoms with van der Waals surface area (Å²) in [5.41, 5.74) is 5.97. The van der Waals surface area contributed by atoms with Gasteiger partial charge in [0.15, 0.2) is 0 Å². The first-order valence-electron chi connectivity index (χ1n) is 8.40. The average Bonchev–Trinajstić information content (AvgIpc) is 2.59. The van der Waals surface area contributed by atoms with Gasteiger partial charge in [0.2, 0.25) is 5.91 Å². The van der Waals surface area contributed by atoms with Crippen LogP contribution in [0.5, 0.6) is 11.5 Å². The Bertz CT molecular complexity index is 494. The molecule has 2 N–H and O–H groups in total. The molecule has 1 saturated heterocycles. The van der Waals surface area contributed by atoms with E-state index in [-0.39, 0.29) is 24.4 Å². The first kappa shape index (κ1) is 20.6.